The highest BCUT2D eigenvalue weighted by atomic mass is 35.5. The lowest BCUT2D eigenvalue weighted by atomic mass is 10.1. The van der Waals surface area contributed by atoms with E-state index in [0.29, 0.717) is 11.6 Å². The van der Waals surface area contributed by atoms with Crippen LogP contribution in [0.4, 0.5) is 5.69 Å². The van der Waals surface area contributed by atoms with Gasteiger partial charge in [-0.05, 0) is 42.8 Å². The number of anilines is 1. The minimum Gasteiger partial charge on any atom is -0.352 e. The van der Waals surface area contributed by atoms with Crippen LogP contribution >= 0.6 is 11.6 Å². The molecule has 146 valence electrons. The van der Waals surface area contributed by atoms with Crippen molar-refractivity contribution in [2.45, 2.75) is 17.9 Å². The van der Waals surface area contributed by atoms with Crippen LogP contribution in [0.1, 0.15) is 16.8 Å². The topological polar surface area (TPSA) is 93.1 Å². The third-order valence-corrected chi connectivity index (χ3v) is 5.61. The van der Waals surface area contributed by atoms with Crippen LogP contribution in [0.2, 0.25) is 5.02 Å². The molecule has 0 fully saturated rings. The second-order valence-corrected chi connectivity index (χ2v) is 8.13. The van der Waals surface area contributed by atoms with Gasteiger partial charge in [0.2, 0.25) is 0 Å². The molecule has 0 saturated carbocycles. The fourth-order valence-corrected chi connectivity index (χ4v) is 3.77. The van der Waals surface area contributed by atoms with E-state index in [2.05, 4.69) is 15.0 Å². The molecule has 0 aliphatic heterocycles. The zero-order valence-corrected chi connectivity index (χ0v) is 16.4. The van der Waals surface area contributed by atoms with Crippen molar-refractivity contribution in [3.05, 3.63) is 77.8 Å². The normalized spacial score (nSPS) is 11.2. The van der Waals surface area contributed by atoms with Gasteiger partial charge in [0.05, 0.1) is 22.5 Å². The van der Waals surface area contributed by atoms with Crippen LogP contribution in [-0.4, -0.2) is 30.4 Å². The van der Waals surface area contributed by atoms with E-state index in [4.69, 9.17) is 11.6 Å². The first-order valence-corrected chi connectivity index (χ1v) is 10.4. The maximum absolute atomic E-state index is 12.6. The van der Waals surface area contributed by atoms with Gasteiger partial charge in [0.1, 0.15) is 0 Å². The maximum Gasteiger partial charge on any atom is 0.261 e. The molecule has 9 heteroatoms. The van der Waals surface area contributed by atoms with Crippen molar-refractivity contribution < 1.29 is 13.2 Å². The monoisotopic (exact) mass is 418 g/mol. The minimum absolute atomic E-state index is 0.0624. The maximum atomic E-state index is 12.6. The molecule has 0 unspecified atom stereocenters. The number of aromatic nitrogens is 2. The van der Waals surface area contributed by atoms with E-state index in [1.165, 1.54) is 24.3 Å². The molecule has 0 radical (unpaired) electrons. The first-order chi connectivity index (χ1) is 13.5. The van der Waals surface area contributed by atoms with Gasteiger partial charge in [-0.3, -0.25) is 9.52 Å². The van der Waals surface area contributed by atoms with Gasteiger partial charge in [0.15, 0.2) is 0 Å². The Bertz CT molecular complexity index is 1040. The van der Waals surface area contributed by atoms with E-state index in [0.717, 1.165) is 13.0 Å². The molecule has 28 heavy (non-hydrogen) atoms. The van der Waals surface area contributed by atoms with E-state index < -0.39 is 10.0 Å². The average Bonchev–Trinajstić information content (AvgIpc) is 3.19. The second kappa shape index (κ2) is 8.90. The number of benzene rings is 2. The number of hydrogen-bond acceptors (Lipinski definition) is 4. The summed E-state index contributed by atoms with van der Waals surface area (Å²) in [5.41, 5.74) is 0.465. The smallest absolute Gasteiger partial charge is 0.261 e. The molecule has 3 aromatic rings. The molecule has 0 saturated heterocycles. The molecular weight excluding hydrogens is 400 g/mol. The summed E-state index contributed by atoms with van der Waals surface area (Å²) in [6.45, 7) is 1.18. The minimum atomic E-state index is -3.84. The standard InChI is InChI=1S/C19H19ClN4O3S/c20-15-6-8-16(9-7-15)28(26,27)23-18-5-2-1-4-17(18)19(25)22-10-3-12-24-13-11-21-14-24/h1-2,4-9,11,13-14,23H,3,10,12H2,(H,22,25). The molecule has 0 spiro atoms. The lowest BCUT2D eigenvalue weighted by Gasteiger charge is -2.13. The molecule has 0 aliphatic rings. The third kappa shape index (κ3) is 5.11. The lowest BCUT2D eigenvalue weighted by molar-refractivity contribution is 0.0953. The number of amides is 1. The molecule has 7 nitrogen and oxygen atoms in total. The zero-order valence-electron chi connectivity index (χ0n) is 14.9. The van der Waals surface area contributed by atoms with Gasteiger partial charge in [0.25, 0.3) is 15.9 Å². The lowest BCUT2D eigenvalue weighted by Crippen LogP contribution is -2.26. The summed E-state index contributed by atoms with van der Waals surface area (Å²) in [6, 6.07) is 12.3. The Morgan fingerprint density at radius 2 is 1.86 bits per heavy atom. The van der Waals surface area contributed by atoms with Gasteiger partial charge in [-0.25, -0.2) is 13.4 Å². The van der Waals surface area contributed by atoms with E-state index in [9.17, 15) is 13.2 Å². The van der Waals surface area contributed by atoms with Crippen LogP contribution in [0.15, 0.2) is 72.1 Å². The molecule has 2 N–H and O–H groups in total. The number of halogens is 1. The first-order valence-electron chi connectivity index (χ1n) is 8.57. The number of nitrogens with zero attached hydrogens (tertiary/aromatic N) is 2. The summed E-state index contributed by atoms with van der Waals surface area (Å²) < 4.78 is 29.6. The number of aryl methyl sites for hydroxylation is 1. The van der Waals surface area contributed by atoms with Gasteiger partial charge >= 0.3 is 0 Å². The largest absolute Gasteiger partial charge is 0.352 e. The van der Waals surface area contributed by atoms with Crippen molar-refractivity contribution in [1.82, 2.24) is 14.9 Å². The number of carbonyl (C=O) groups is 1. The van der Waals surface area contributed by atoms with Crippen LogP contribution < -0.4 is 10.0 Å². The third-order valence-electron chi connectivity index (χ3n) is 3.98. The second-order valence-electron chi connectivity index (χ2n) is 6.01. The van der Waals surface area contributed by atoms with E-state index in [1.807, 2.05) is 10.8 Å². The van der Waals surface area contributed by atoms with Gasteiger partial charge in [-0.15, -0.1) is 0 Å². The number of para-hydroxylation sites is 1. The van der Waals surface area contributed by atoms with Crippen molar-refractivity contribution in [2.24, 2.45) is 0 Å². The zero-order chi connectivity index (χ0) is 20.0. The molecule has 3 rings (SSSR count). The number of rotatable bonds is 8. The fraction of sp³-hybridized carbons (Fsp3) is 0.158. The molecule has 1 amide bonds. The van der Waals surface area contributed by atoms with Crippen LogP contribution in [0.5, 0.6) is 0 Å². The SMILES string of the molecule is O=C(NCCCn1ccnc1)c1ccccc1NS(=O)(=O)c1ccc(Cl)cc1. The Labute approximate surface area is 168 Å². The van der Waals surface area contributed by atoms with Crippen LogP contribution in [-0.2, 0) is 16.6 Å². The van der Waals surface area contributed by atoms with Crippen molar-refractivity contribution >= 4 is 33.2 Å². The van der Waals surface area contributed by atoms with Gasteiger partial charge < -0.3 is 9.88 Å². The van der Waals surface area contributed by atoms with Crippen molar-refractivity contribution in [3.63, 3.8) is 0 Å². The molecule has 1 heterocycles. The Hall–Kier alpha value is -2.84. The van der Waals surface area contributed by atoms with E-state index in [1.54, 1.807) is 36.8 Å². The Balaban J connectivity index is 1.66. The van der Waals surface area contributed by atoms with E-state index in [-0.39, 0.29) is 22.1 Å². The summed E-state index contributed by atoms with van der Waals surface area (Å²) in [4.78, 5) is 16.5. The number of hydrogen-bond donors (Lipinski definition) is 2. The highest BCUT2D eigenvalue weighted by Gasteiger charge is 2.18. The molecule has 1 aromatic heterocycles. The number of imidazole rings is 1. The average molecular weight is 419 g/mol. The molecular formula is C19H19ClN4O3S. The van der Waals surface area contributed by atoms with Crippen molar-refractivity contribution in [2.75, 3.05) is 11.3 Å². The predicted molar refractivity (Wildman–Crippen MR) is 108 cm³/mol. The Morgan fingerprint density at radius 3 is 2.57 bits per heavy atom. The molecule has 0 aliphatic carbocycles. The van der Waals surface area contributed by atoms with Gasteiger partial charge in [-0.1, -0.05) is 23.7 Å². The van der Waals surface area contributed by atoms with Crippen LogP contribution in [0.3, 0.4) is 0 Å². The van der Waals surface area contributed by atoms with Crippen molar-refractivity contribution in [1.29, 1.82) is 0 Å². The number of carbonyl (C=O) groups excluding carboxylic acids is 1. The number of nitrogens with one attached hydrogen (secondary N) is 2. The summed E-state index contributed by atoms with van der Waals surface area (Å²) in [7, 11) is -3.84. The number of sulfonamides is 1. The van der Waals surface area contributed by atoms with Crippen molar-refractivity contribution in [3.8, 4) is 0 Å². The Kier molecular flexibility index (Phi) is 6.33. The summed E-state index contributed by atoms with van der Waals surface area (Å²) in [5, 5.41) is 3.25. The van der Waals surface area contributed by atoms with Gasteiger partial charge in [-0.2, -0.15) is 0 Å². The molecule has 2 aromatic carbocycles. The van der Waals surface area contributed by atoms with Crippen LogP contribution in [0.25, 0.3) is 0 Å². The molecule has 0 atom stereocenters. The van der Waals surface area contributed by atoms with Crippen LogP contribution in [0, 0.1) is 0 Å². The first kappa shape index (κ1) is 19.9. The summed E-state index contributed by atoms with van der Waals surface area (Å²) in [6.07, 6.45) is 5.98. The quantitative estimate of drug-likeness (QED) is 0.549. The Morgan fingerprint density at radius 1 is 1.11 bits per heavy atom. The summed E-state index contributed by atoms with van der Waals surface area (Å²) >= 11 is 5.81. The summed E-state index contributed by atoms with van der Waals surface area (Å²) in [5.74, 6) is -0.347. The van der Waals surface area contributed by atoms with E-state index >= 15 is 0 Å². The highest BCUT2D eigenvalue weighted by Crippen LogP contribution is 2.21. The molecule has 0 bridgehead atoms. The highest BCUT2D eigenvalue weighted by molar-refractivity contribution is 7.92. The van der Waals surface area contributed by atoms with Gasteiger partial charge in [0, 0.05) is 30.5 Å². The fourth-order valence-electron chi connectivity index (χ4n) is 2.57. The predicted octanol–water partition coefficient (Wildman–Crippen LogP) is 3.16.